The number of carbonyl (C=O) groups excluding carboxylic acids is 6. The van der Waals surface area contributed by atoms with Crippen molar-refractivity contribution in [1.29, 1.82) is 0 Å². The highest BCUT2D eigenvalue weighted by atomic mass is 35.5. The molecule has 0 N–H and O–H groups in total. The van der Waals surface area contributed by atoms with Crippen LogP contribution in [0.25, 0.3) is 32.7 Å². The smallest absolute Gasteiger partial charge is 0.432 e. The van der Waals surface area contributed by atoms with Crippen molar-refractivity contribution in [2.24, 2.45) is 0 Å². The van der Waals surface area contributed by atoms with E-state index in [2.05, 4.69) is 0 Å². The second-order valence-corrected chi connectivity index (χ2v) is 18.6. The zero-order valence-electron chi connectivity index (χ0n) is 41.3. The SMILES string of the molecule is CC(=O)Cc1c(C)n(C(=O)c2ccc(Cl)cc2)c2ccc(C)cc12.COc1ccc2c(c1)c(CC=O)c(C(F)(F)F)n2C(=O)c1ccc(Cl)cc1.COc1ccc2c(c1)c(CC=O)c(C)n2C(=O)c1ccc(Cl)cc1. The van der Waals surface area contributed by atoms with E-state index in [9.17, 15) is 41.9 Å². The molecule has 11 nitrogen and oxygen atoms in total. The van der Waals surface area contributed by atoms with Crippen LogP contribution >= 0.6 is 34.8 Å². The van der Waals surface area contributed by atoms with Crippen molar-refractivity contribution in [3.63, 3.8) is 0 Å². The van der Waals surface area contributed by atoms with E-state index in [1.54, 1.807) is 77.8 Å². The molecule has 0 fully saturated rings. The Hall–Kier alpha value is -7.78. The van der Waals surface area contributed by atoms with E-state index in [1.807, 2.05) is 51.1 Å². The van der Waals surface area contributed by atoms with Gasteiger partial charge in [0.25, 0.3) is 17.7 Å². The lowest BCUT2D eigenvalue weighted by Crippen LogP contribution is -2.22. The number of benzene rings is 6. The van der Waals surface area contributed by atoms with Gasteiger partial charge in [-0.3, -0.25) is 32.9 Å². The van der Waals surface area contributed by atoms with Gasteiger partial charge in [0.15, 0.2) is 0 Å². The molecule has 0 aliphatic heterocycles. The third-order valence-corrected chi connectivity index (χ3v) is 13.2. The number of carbonyl (C=O) groups is 6. The van der Waals surface area contributed by atoms with Gasteiger partial charge in [-0.05, 0) is 166 Å². The molecule has 0 unspecified atom stereocenters. The number of fused-ring (bicyclic) bond motifs is 3. The fraction of sp³-hybridized carbons (Fsp3) is 0.172. The highest BCUT2D eigenvalue weighted by molar-refractivity contribution is 6.31. The molecule has 3 aromatic heterocycles. The van der Waals surface area contributed by atoms with Crippen LogP contribution in [0.2, 0.25) is 15.1 Å². The number of alkyl halides is 3. The maximum Gasteiger partial charge on any atom is 0.432 e. The molecule has 0 radical (unpaired) electrons. The third kappa shape index (κ3) is 11.6. The Bertz CT molecular complexity index is 3670. The lowest BCUT2D eigenvalue weighted by Gasteiger charge is -2.13. The fourth-order valence-electron chi connectivity index (χ4n) is 8.95. The first kappa shape index (κ1) is 55.0. The molecule has 9 rings (SSSR count). The second-order valence-electron chi connectivity index (χ2n) is 17.3. The van der Waals surface area contributed by atoms with Crippen molar-refractivity contribution in [1.82, 2.24) is 13.7 Å². The topological polar surface area (TPSA) is 136 Å². The standard InChI is InChI=1S/C20H18ClNO2.C19H13ClF3NO3.C19H16ClNO3/c1-12-4-9-19-18(10-12)17(11-13(2)23)14(3)22(19)20(24)15-5-7-16(21)8-6-15;1-27-13-6-7-16-15(10-13)14(8-9-25)17(19(21,22)23)24(16)18(26)11-2-4-12(20)5-3-11;1-12-16(9-10-22)17-11-15(24-2)7-8-18(17)21(12)19(23)13-3-5-14(20)6-4-13/h4-10H,11H2,1-3H3;2-7,9-10H,8H2,1H3;3-8,10-11H,9H2,1-2H3. The first-order valence-electron chi connectivity index (χ1n) is 23.1. The Morgan fingerprint density at radius 1 is 0.507 bits per heavy atom. The predicted molar refractivity (Wildman–Crippen MR) is 286 cm³/mol. The van der Waals surface area contributed by atoms with Crippen LogP contribution in [0, 0.1) is 20.8 Å². The van der Waals surface area contributed by atoms with Crippen molar-refractivity contribution in [2.75, 3.05) is 14.2 Å². The average molecular weight is 1080 g/mol. The van der Waals surface area contributed by atoms with Crippen LogP contribution in [0.3, 0.4) is 0 Å². The van der Waals surface area contributed by atoms with Gasteiger partial charge >= 0.3 is 6.18 Å². The number of nitrogens with zero attached hydrogens (tertiary/aromatic N) is 3. The molecule has 3 heterocycles. The van der Waals surface area contributed by atoms with Gasteiger partial charge < -0.3 is 19.1 Å². The number of methoxy groups -OCH3 is 2. The first-order chi connectivity index (χ1) is 35.7. The normalized spacial score (nSPS) is 11.1. The van der Waals surface area contributed by atoms with Gasteiger partial charge in [-0.1, -0.05) is 46.4 Å². The van der Waals surface area contributed by atoms with Crippen LogP contribution in [0.1, 0.15) is 77.3 Å². The van der Waals surface area contributed by atoms with Crippen LogP contribution in [0.4, 0.5) is 13.2 Å². The Morgan fingerprint density at radius 2 is 0.867 bits per heavy atom. The van der Waals surface area contributed by atoms with Crippen LogP contribution in [-0.4, -0.2) is 64.0 Å². The summed E-state index contributed by atoms with van der Waals surface area (Å²) in [7, 11) is 2.96. The molecule has 9 aromatic rings. The van der Waals surface area contributed by atoms with E-state index in [1.165, 1.54) is 49.6 Å². The molecule has 0 saturated carbocycles. The van der Waals surface area contributed by atoms with Gasteiger partial charge in [0, 0.05) is 78.6 Å². The van der Waals surface area contributed by atoms with Crippen LogP contribution < -0.4 is 9.47 Å². The quantitative estimate of drug-likeness (QED) is 0.117. The minimum absolute atomic E-state index is 0.0373. The van der Waals surface area contributed by atoms with Crippen LogP contribution in [-0.2, 0) is 39.8 Å². The summed E-state index contributed by atoms with van der Waals surface area (Å²) in [5.41, 5.74) is 5.74. The number of ketones is 1. The van der Waals surface area contributed by atoms with E-state index in [4.69, 9.17) is 44.3 Å². The lowest BCUT2D eigenvalue weighted by molar-refractivity contribution is -0.142. The van der Waals surface area contributed by atoms with E-state index < -0.39 is 24.2 Å². The van der Waals surface area contributed by atoms with Crippen molar-refractivity contribution in [3.8, 4) is 11.5 Å². The van der Waals surface area contributed by atoms with Crippen molar-refractivity contribution in [3.05, 3.63) is 198 Å². The fourth-order valence-corrected chi connectivity index (χ4v) is 9.33. The highest BCUT2D eigenvalue weighted by Gasteiger charge is 2.41. The van der Waals surface area contributed by atoms with Gasteiger partial charge in [0.2, 0.25) is 0 Å². The van der Waals surface area contributed by atoms with Gasteiger partial charge in [-0.25, -0.2) is 0 Å². The number of rotatable bonds is 11. The van der Waals surface area contributed by atoms with Gasteiger partial charge in [-0.15, -0.1) is 0 Å². The van der Waals surface area contributed by atoms with Crippen LogP contribution in [0.5, 0.6) is 11.5 Å². The highest BCUT2D eigenvalue weighted by Crippen LogP contribution is 2.40. The van der Waals surface area contributed by atoms with Crippen molar-refractivity contribution in [2.45, 2.75) is 53.1 Å². The zero-order valence-corrected chi connectivity index (χ0v) is 43.5. The summed E-state index contributed by atoms with van der Waals surface area (Å²) < 4.78 is 55.8. The minimum atomic E-state index is -4.84. The summed E-state index contributed by atoms with van der Waals surface area (Å²) in [5.74, 6) is -0.0570. The molecule has 0 aliphatic rings. The van der Waals surface area contributed by atoms with Gasteiger partial charge in [-0.2, -0.15) is 13.2 Å². The number of aldehydes is 2. The van der Waals surface area contributed by atoms with E-state index in [0.717, 1.165) is 56.2 Å². The van der Waals surface area contributed by atoms with Crippen molar-refractivity contribution >= 4 is 104 Å². The Balaban J connectivity index is 0.000000164. The monoisotopic (exact) mass is 1080 g/mol. The molecule has 0 aliphatic carbocycles. The largest absolute Gasteiger partial charge is 0.497 e. The maximum atomic E-state index is 13.9. The van der Waals surface area contributed by atoms with Crippen molar-refractivity contribution < 1.29 is 51.4 Å². The molecule has 0 saturated heterocycles. The first-order valence-corrected chi connectivity index (χ1v) is 24.2. The second kappa shape index (κ2) is 23.2. The molecule has 0 spiro atoms. The molecule has 0 amide bonds. The number of ether oxygens (including phenoxy) is 2. The number of Topliss-reactive ketones (excluding diaryl/α,β-unsaturated/α-hetero) is 1. The molecule has 6 aromatic carbocycles. The lowest BCUT2D eigenvalue weighted by atomic mass is 10.0. The van der Waals surface area contributed by atoms with E-state index in [0.29, 0.717) is 55.0 Å². The predicted octanol–water partition coefficient (Wildman–Crippen LogP) is 13.5. The summed E-state index contributed by atoms with van der Waals surface area (Å²) in [6, 6.07) is 34.8. The van der Waals surface area contributed by atoms with Gasteiger partial charge in [0.05, 0.1) is 30.8 Å². The summed E-state index contributed by atoms with van der Waals surface area (Å²) in [5, 5.41) is 3.47. The Kier molecular flexibility index (Phi) is 17.0. The summed E-state index contributed by atoms with van der Waals surface area (Å²) in [6.45, 7) is 7.31. The molecule has 384 valence electrons. The van der Waals surface area contributed by atoms with Crippen LogP contribution in [0.15, 0.2) is 127 Å². The number of aryl methyl sites for hydroxylation is 1. The number of hydrogen-bond donors (Lipinski definition) is 0. The zero-order chi connectivity index (χ0) is 54.5. The molecule has 17 heteroatoms. The van der Waals surface area contributed by atoms with E-state index >= 15 is 0 Å². The summed E-state index contributed by atoms with van der Waals surface area (Å²) >= 11 is 17.6. The maximum absolute atomic E-state index is 13.9. The Morgan fingerprint density at radius 3 is 1.27 bits per heavy atom. The minimum Gasteiger partial charge on any atom is -0.497 e. The number of halogens is 6. The summed E-state index contributed by atoms with van der Waals surface area (Å²) in [4.78, 5) is 72.7. The molecule has 0 bridgehead atoms. The molecule has 0 atom stereocenters. The summed E-state index contributed by atoms with van der Waals surface area (Å²) in [6.07, 6.45) is -3.53. The van der Waals surface area contributed by atoms with E-state index in [-0.39, 0.29) is 46.0 Å². The number of hydrogen-bond acceptors (Lipinski definition) is 8. The molecular formula is C58H47Cl3F3N3O8. The average Bonchev–Trinajstić information content (AvgIpc) is 3.96. The number of aromatic nitrogens is 3. The molecular weight excluding hydrogens is 1030 g/mol. The Labute approximate surface area is 443 Å². The molecule has 75 heavy (non-hydrogen) atoms. The third-order valence-electron chi connectivity index (χ3n) is 12.5. The van der Waals surface area contributed by atoms with Gasteiger partial charge in [0.1, 0.15) is 35.5 Å².